The zero-order chi connectivity index (χ0) is 13.2. The van der Waals surface area contributed by atoms with Crippen molar-refractivity contribution in [2.24, 2.45) is 0 Å². The summed E-state index contributed by atoms with van der Waals surface area (Å²) in [7, 11) is 0. The number of urea groups is 1. The van der Waals surface area contributed by atoms with E-state index >= 15 is 0 Å². The summed E-state index contributed by atoms with van der Waals surface area (Å²) in [6.45, 7) is 0.414. The fraction of sp³-hybridized carbons (Fsp3) is 0.364. The molecule has 1 aliphatic carbocycles. The molecule has 1 saturated carbocycles. The van der Waals surface area contributed by atoms with Crippen molar-refractivity contribution in [1.29, 1.82) is 0 Å². The lowest BCUT2D eigenvalue weighted by Gasteiger charge is -2.03. The first-order valence-electron chi connectivity index (χ1n) is 5.81. The lowest BCUT2D eigenvalue weighted by molar-refractivity contribution is 0.252. The van der Waals surface area contributed by atoms with Crippen LogP contribution in [0.2, 0.25) is 4.47 Å². The summed E-state index contributed by atoms with van der Waals surface area (Å²) in [6.07, 6.45) is 4.07. The van der Waals surface area contributed by atoms with E-state index < -0.39 is 0 Å². The van der Waals surface area contributed by atoms with Crippen LogP contribution < -0.4 is 10.6 Å². The van der Waals surface area contributed by atoms with Gasteiger partial charge in [-0.1, -0.05) is 11.6 Å². The molecule has 2 amide bonds. The molecule has 0 atom stereocenters. The summed E-state index contributed by atoms with van der Waals surface area (Å²) in [5.74, 6) is 0.606. The van der Waals surface area contributed by atoms with Crippen molar-refractivity contribution in [3.8, 4) is 0 Å². The topological polar surface area (TPSA) is 66.9 Å². The van der Waals surface area contributed by atoms with Gasteiger partial charge in [0.1, 0.15) is 0 Å². The zero-order valence-corrected chi connectivity index (χ0v) is 12.2. The summed E-state index contributed by atoms with van der Waals surface area (Å²) in [5, 5.41) is 8.12. The van der Waals surface area contributed by atoms with E-state index in [0.717, 1.165) is 10.6 Å². The van der Waals surface area contributed by atoms with E-state index in [-0.39, 0.29) is 6.03 Å². The number of rotatable bonds is 4. The molecular formula is C11H11ClN4OS2. The van der Waals surface area contributed by atoms with Crippen LogP contribution in [0.4, 0.5) is 9.93 Å². The van der Waals surface area contributed by atoms with E-state index in [1.54, 1.807) is 6.20 Å². The molecule has 19 heavy (non-hydrogen) atoms. The van der Waals surface area contributed by atoms with Crippen LogP contribution in [0.15, 0.2) is 11.6 Å². The van der Waals surface area contributed by atoms with E-state index in [1.807, 2.05) is 5.38 Å². The first kappa shape index (κ1) is 12.8. The second-order valence-electron chi connectivity index (χ2n) is 4.24. The Morgan fingerprint density at radius 3 is 3.05 bits per heavy atom. The smallest absolute Gasteiger partial charge is 0.321 e. The average Bonchev–Trinajstić information content (AvgIpc) is 3.00. The maximum atomic E-state index is 11.7. The highest BCUT2D eigenvalue weighted by Gasteiger charge is 2.26. The van der Waals surface area contributed by atoms with Crippen LogP contribution in [0, 0.1) is 0 Å². The van der Waals surface area contributed by atoms with Gasteiger partial charge in [-0.3, -0.25) is 5.32 Å². The minimum absolute atomic E-state index is 0.263. The van der Waals surface area contributed by atoms with Crippen LogP contribution in [0.1, 0.15) is 29.3 Å². The Kier molecular flexibility index (Phi) is 3.67. The van der Waals surface area contributed by atoms with Gasteiger partial charge in [0, 0.05) is 22.4 Å². The number of nitrogens with zero attached hydrogens (tertiary/aromatic N) is 2. The highest BCUT2D eigenvalue weighted by atomic mass is 35.5. The zero-order valence-electron chi connectivity index (χ0n) is 9.85. The van der Waals surface area contributed by atoms with Crippen LogP contribution >= 0.6 is 34.3 Å². The fourth-order valence-corrected chi connectivity index (χ4v) is 3.29. The molecule has 0 unspecified atom stereocenters. The van der Waals surface area contributed by atoms with E-state index in [4.69, 9.17) is 11.6 Å². The van der Waals surface area contributed by atoms with Crippen molar-refractivity contribution < 1.29 is 4.79 Å². The fourth-order valence-electron chi connectivity index (χ4n) is 1.58. The molecule has 0 aliphatic heterocycles. The highest BCUT2D eigenvalue weighted by Crippen LogP contribution is 2.40. The predicted octanol–water partition coefficient (Wildman–Crippen LogP) is 3.45. The highest BCUT2D eigenvalue weighted by molar-refractivity contribution is 7.15. The van der Waals surface area contributed by atoms with E-state index in [1.165, 1.54) is 35.5 Å². The van der Waals surface area contributed by atoms with Crippen LogP contribution in [0.3, 0.4) is 0 Å². The van der Waals surface area contributed by atoms with Crippen molar-refractivity contribution in [2.75, 3.05) is 5.32 Å². The third-order valence-electron chi connectivity index (χ3n) is 2.69. The molecule has 100 valence electrons. The Bertz CT molecular complexity index is 593. The standard InChI is InChI=1S/C11H11ClN4OS2/c12-9-13-3-7(19-9)4-14-10(17)16-11-15-8(5-18-11)6-1-2-6/h3,5-6H,1-2,4H2,(H2,14,15,16,17). The molecule has 0 aromatic carbocycles. The molecule has 0 bridgehead atoms. The Hall–Kier alpha value is -1.18. The molecule has 3 rings (SSSR count). The molecule has 0 spiro atoms. The summed E-state index contributed by atoms with van der Waals surface area (Å²) in [5.41, 5.74) is 1.09. The Morgan fingerprint density at radius 2 is 2.37 bits per heavy atom. The Morgan fingerprint density at radius 1 is 1.53 bits per heavy atom. The van der Waals surface area contributed by atoms with Gasteiger partial charge >= 0.3 is 6.03 Å². The molecule has 0 saturated heterocycles. The molecule has 2 heterocycles. The number of anilines is 1. The minimum Gasteiger partial charge on any atom is -0.333 e. The van der Waals surface area contributed by atoms with Gasteiger partial charge in [-0.2, -0.15) is 0 Å². The van der Waals surface area contributed by atoms with Gasteiger partial charge in [-0.25, -0.2) is 14.8 Å². The van der Waals surface area contributed by atoms with E-state index in [2.05, 4.69) is 20.6 Å². The molecular weight excluding hydrogens is 304 g/mol. The minimum atomic E-state index is -0.263. The second-order valence-corrected chi connectivity index (χ2v) is 6.79. The molecule has 5 nitrogen and oxygen atoms in total. The maximum Gasteiger partial charge on any atom is 0.321 e. The average molecular weight is 315 g/mol. The van der Waals surface area contributed by atoms with Crippen molar-refractivity contribution in [3.05, 3.63) is 26.6 Å². The second kappa shape index (κ2) is 5.44. The van der Waals surface area contributed by atoms with E-state index in [9.17, 15) is 4.79 Å². The lowest BCUT2D eigenvalue weighted by atomic mass is 10.3. The third-order valence-corrected chi connectivity index (χ3v) is 4.58. The monoisotopic (exact) mass is 314 g/mol. The van der Waals surface area contributed by atoms with Crippen molar-refractivity contribution in [3.63, 3.8) is 0 Å². The van der Waals surface area contributed by atoms with Gasteiger partial charge in [-0.05, 0) is 12.8 Å². The number of carbonyl (C=O) groups is 1. The van der Waals surface area contributed by atoms with Gasteiger partial charge in [0.25, 0.3) is 0 Å². The predicted molar refractivity (Wildman–Crippen MR) is 77.1 cm³/mol. The van der Waals surface area contributed by atoms with Crippen molar-refractivity contribution >= 4 is 45.4 Å². The van der Waals surface area contributed by atoms with Gasteiger partial charge < -0.3 is 5.32 Å². The number of aromatic nitrogens is 2. The Balaban J connectivity index is 1.49. The molecule has 2 N–H and O–H groups in total. The molecule has 1 aliphatic rings. The van der Waals surface area contributed by atoms with Gasteiger partial charge in [0.2, 0.25) is 0 Å². The number of hydrogen-bond donors (Lipinski definition) is 2. The van der Waals surface area contributed by atoms with Gasteiger partial charge in [0.05, 0.1) is 12.2 Å². The summed E-state index contributed by atoms with van der Waals surface area (Å²) < 4.78 is 0.478. The van der Waals surface area contributed by atoms with Gasteiger partial charge in [0.15, 0.2) is 9.60 Å². The summed E-state index contributed by atoms with van der Waals surface area (Å²) in [6, 6.07) is -0.263. The van der Waals surface area contributed by atoms with Crippen LogP contribution in [-0.4, -0.2) is 16.0 Å². The number of hydrogen-bond acceptors (Lipinski definition) is 5. The van der Waals surface area contributed by atoms with Crippen molar-refractivity contribution in [1.82, 2.24) is 15.3 Å². The van der Waals surface area contributed by atoms with Gasteiger partial charge in [-0.15, -0.1) is 22.7 Å². The van der Waals surface area contributed by atoms with Crippen LogP contribution in [0.5, 0.6) is 0 Å². The quantitative estimate of drug-likeness (QED) is 0.908. The maximum absolute atomic E-state index is 11.7. The van der Waals surface area contributed by atoms with Crippen LogP contribution in [0.25, 0.3) is 0 Å². The number of carbonyl (C=O) groups excluding carboxylic acids is 1. The number of amides is 2. The lowest BCUT2D eigenvalue weighted by Crippen LogP contribution is -2.27. The SMILES string of the molecule is O=C(NCc1cnc(Cl)s1)Nc1nc(C2CC2)cs1. The third kappa shape index (κ3) is 3.43. The normalized spacial score (nSPS) is 14.4. The molecule has 1 fully saturated rings. The number of thiazole rings is 2. The first-order valence-corrected chi connectivity index (χ1v) is 7.88. The first-order chi connectivity index (χ1) is 9.20. The molecule has 2 aromatic rings. The van der Waals surface area contributed by atoms with Crippen LogP contribution in [-0.2, 0) is 6.54 Å². The largest absolute Gasteiger partial charge is 0.333 e. The molecule has 0 radical (unpaired) electrons. The Labute approximate surface area is 123 Å². The van der Waals surface area contributed by atoms with Crippen molar-refractivity contribution in [2.45, 2.75) is 25.3 Å². The number of halogens is 1. The summed E-state index contributed by atoms with van der Waals surface area (Å²) >= 11 is 8.52. The van der Waals surface area contributed by atoms with E-state index in [0.29, 0.717) is 22.1 Å². The summed E-state index contributed by atoms with van der Waals surface area (Å²) in [4.78, 5) is 20.9. The number of nitrogens with one attached hydrogen (secondary N) is 2. The molecule has 2 aromatic heterocycles. The molecule has 8 heteroatoms.